The van der Waals surface area contributed by atoms with E-state index < -0.39 is 0 Å². The second kappa shape index (κ2) is 5.58. The predicted molar refractivity (Wildman–Crippen MR) is 70.2 cm³/mol. The van der Waals surface area contributed by atoms with E-state index in [2.05, 4.69) is 0 Å². The van der Waals surface area contributed by atoms with E-state index in [4.69, 9.17) is 0 Å². The molecule has 0 bridgehead atoms. The number of carbonyl (C=O) groups excluding carboxylic acids is 1. The molecule has 2 aromatic carbocycles. The normalized spacial score (nSPS) is 10.3. The number of carbonyl (C=O) groups is 1. The molecule has 92 valence electrons. The summed E-state index contributed by atoms with van der Waals surface area (Å²) in [7, 11) is 0. The molecule has 0 radical (unpaired) electrons. The molecule has 0 unspecified atom stereocenters. The van der Waals surface area contributed by atoms with Gasteiger partial charge in [-0.05, 0) is 42.7 Å². The first-order valence-corrected chi connectivity index (χ1v) is 5.99. The Kier molecular flexibility index (Phi) is 3.88. The standard InChI is InChI=1S/C16H15FO/c1-12-9-14(11-15(17)10-12)16(18)8-7-13-5-3-2-4-6-13/h2-6,9-11H,7-8H2,1H3. The van der Waals surface area contributed by atoms with E-state index in [9.17, 15) is 9.18 Å². The highest BCUT2D eigenvalue weighted by molar-refractivity contribution is 5.96. The fraction of sp³-hybridized carbons (Fsp3) is 0.188. The number of ketones is 1. The molecule has 0 aliphatic rings. The predicted octanol–water partition coefficient (Wildman–Crippen LogP) is 3.95. The van der Waals surface area contributed by atoms with E-state index in [0.717, 1.165) is 11.1 Å². The van der Waals surface area contributed by atoms with Gasteiger partial charge in [0.05, 0.1) is 0 Å². The summed E-state index contributed by atoms with van der Waals surface area (Å²) in [5.41, 5.74) is 2.36. The van der Waals surface area contributed by atoms with Crippen LogP contribution in [0, 0.1) is 12.7 Å². The maximum absolute atomic E-state index is 13.2. The third kappa shape index (κ3) is 3.27. The van der Waals surface area contributed by atoms with Gasteiger partial charge in [0.25, 0.3) is 0 Å². The summed E-state index contributed by atoms with van der Waals surface area (Å²) in [6.07, 6.45) is 1.10. The van der Waals surface area contributed by atoms with E-state index >= 15 is 0 Å². The summed E-state index contributed by atoms with van der Waals surface area (Å²) in [4.78, 5) is 12.0. The summed E-state index contributed by atoms with van der Waals surface area (Å²) in [5, 5.41) is 0. The van der Waals surface area contributed by atoms with Crippen LogP contribution in [0.25, 0.3) is 0 Å². The summed E-state index contributed by atoms with van der Waals surface area (Å²) in [6, 6.07) is 14.3. The summed E-state index contributed by atoms with van der Waals surface area (Å²) >= 11 is 0. The highest BCUT2D eigenvalue weighted by Gasteiger charge is 2.08. The van der Waals surface area contributed by atoms with Crippen LogP contribution in [0.4, 0.5) is 4.39 Å². The highest BCUT2D eigenvalue weighted by atomic mass is 19.1. The number of hydrogen-bond acceptors (Lipinski definition) is 1. The number of halogens is 1. The van der Waals surface area contributed by atoms with Gasteiger partial charge < -0.3 is 0 Å². The third-order valence-corrected chi connectivity index (χ3v) is 2.85. The van der Waals surface area contributed by atoms with Gasteiger partial charge >= 0.3 is 0 Å². The zero-order valence-corrected chi connectivity index (χ0v) is 10.3. The van der Waals surface area contributed by atoms with E-state index in [1.165, 1.54) is 12.1 Å². The van der Waals surface area contributed by atoms with Crippen LogP contribution in [0.2, 0.25) is 0 Å². The van der Waals surface area contributed by atoms with Crippen molar-refractivity contribution in [3.05, 3.63) is 71.0 Å². The van der Waals surface area contributed by atoms with Crippen molar-refractivity contribution in [2.24, 2.45) is 0 Å². The molecular formula is C16H15FO. The minimum atomic E-state index is -0.349. The number of benzene rings is 2. The first-order chi connectivity index (χ1) is 8.65. The fourth-order valence-corrected chi connectivity index (χ4v) is 1.94. The lowest BCUT2D eigenvalue weighted by atomic mass is 10.0. The Morgan fingerprint density at radius 1 is 1.11 bits per heavy atom. The van der Waals surface area contributed by atoms with Crippen molar-refractivity contribution in [1.82, 2.24) is 0 Å². The molecule has 0 saturated heterocycles. The monoisotopic (exact) mass is 242 g/mol. The molecule has 2 heteroatoms. The number of rotatable bonds is 4. The van der Waals surface area contributed by atoms with E-state index in [-0.39, 0.29) is 11.6 Å². The molecule has 0 aliphatic heterocycles. The molecule has 0 spiro atoms. The first kappa shape index (κ1) is 12.5. The second-order valence-corrected chi connectivity index (χ2v) is 4.43. The number of hydrogen-bond donors (Lipinski definition) is 0. The molecule has 0 aliphatic carbocycles. The van der Waals surface area contributed by atoms with Gasteiger partial charge in [-0.1, -0.05) is 30.3 Å². The van der Waals surface area contributed by atoms with Crippen LogP contribution in [0.1, 0.15) is 27.9 Å². The quantitative estimate of drug-likeness (QED) is 0.742. The van der Waals surface area contributed by atoms with Gasteiger partial charge in [-0.3, -0.25) is 4.79 Å². The maximum atomic E-state index is 13.2. The molecule has 0 atom stereocenters. The summed E-state index contributed by atoms with van der Waals surface area (Å²) in [5.74, 6) is -0.362. The van der Waals surface area contributed by atoms with Gasteiger partial charge in [-0.25, -0.2) is 4.39 Å². The molecule has 1 nitrogen and oxygen atoms in total. The van der Waals surface area contributed by atoms with Crippen molar-refractivity contribution in [2.75, 3.05) is 0 Å². The average molecular weight is 242 g/mol. The molecule has 0 fully saturated rings. The smallest absolute Gasteiger partial charge is 0.163 e. The molecule has 0 heterocycles. The van der Waals surface area contributed by atoms with Crippen LogP contribution < -0.4 is 0 Å². The Hall–Kier alpha value is -1.96. The van der Waals surface area contributed by atoms with Crippen molar-refractivity contribution < 1.29 is 9.18 Å². The number of aryl methyl sites for hydroxylation is 2. The first-order valence-electron chi connectivity index (χ1n) is 5.99. The summed E-state index contributed by atoms with van der Waals surface area (Å²) < 4.78 is 13.2. The molecule has 18 heavy (non-hydrogen) atoms. The lowest BCUT2D eigenvalue weighted by molar-refractivity contribution is 0.0982. The average Bonchev–Trinajstić information content (AvgIpc) is 2.36. The van der Waals surface area contributed by atoms with E-state index in [1.54, 1.807) is 13.0 Å². The lowest BCUT2D eigenvalue weighted by Crippen LogP contribution is -2.02. The zero-order chi connectivity index (χ0) is 13.0. The fourth-order valence-electron chi connectivity index (χ4n) is 1.94. The zero-order valence-electron chi connectivity index (χ0n) is 10.3. The SMILES string of the molecule is Cc1cc(F)cc(C(=O)CCc2ccccc2)c1. The second-order valence-electron chi connectivity index (χ2n) is 4.43. The van der Waals surface area contributed by atoms with Gasteiger partial charge in [0.15, 0.2) is 5.78 Å². The molecule has 0 aromatic heterocycles. The van der Waals surface area contributed by atoms with Crippen LogP contribution >= 0.6 is 0 Å². The molecular weight excluding hydrogens is 227 g/mol. The Morgan fingerprint density at radius 2 is 1.83 bits per heavy atom. The molecule has 0 saturated carbocycles. The summed E-state index contributed by atoms with van der Waals surface area (Å²) in [6.45, 7) is 1.79. The van der Waals surface area contributed by atoms with Crippen LogP contribution in [0.15, 0.2) is 48.5 Å². The van der Waals surface area contributed by atoms with Crippen LogP contribution in [0.5, 0.6) is 0 Å². The van der Waals surface area contributed by atoms with Crippen molar-refractivity contribution in [2.45, 2.75) is 19.8 Å². The van der Waals surface area contributed by atoms with Gasteiger partial charge in [-0.2, -0.15) is 0 Å². The van der Waals surface area contributed by atoms with E-state index in [1.807, 2.05) is 30.3 Å². The van der Waals surface area contributed by atoms with Crippen molar-refractivity contribution in [3.8, 4) is 0 Å². The lowest BCUT2D eigenvalue weighted by Gasteiger charge is -2.03. The van der Waals surface area contributed by atoms with E-state index in [0.29, 0.717) is 18.4 Å². The van der Waals surface area contributed by atoms with Crippen molar-refractivity contribution in [1.29, 1.82) is 0 Å². The molecule has 2 aromatic rings. The van der Waals surface area contributed by atoms with Crippen LogP contribution in [0.3, 0.4) is 0 Å². The number of Topliss-reactive ketones (excluding diaryl/α,β-unsaturated/α-hetero) is 1. The van der Waals surface area contributed by atoms with Crippen LogP contribution in [-0.2, 0) is 6.42 Å². The highest BCUT2D eigenvalue weighted by Crippen LogP contribution is 2.12. The molecule has 2 rings (SSSR count). The topological polar surface area (TPSA) is 17.1 Å². The largest absolute Gasteiger partial charge is 0.294 e. The van der Waals surface area contributed by atoms with Crippen molar-refractivity contribution in [3.63, 3.8) is 0 Å². The van der Waals surface area contributed by atoms with Gasteiger partial charge in [0, 0.05) is 12.0 Å². The van der Waals surface area contributed by atoms with Gasteiger partial charge in [-0.15, -0.1) is 0 Å². The van der Waals surface area contributed by atoms with Gasteiger partial charge in [0.1, 0.15) is 5.82 Å². The Bertz CT molecular complexity index is 526. The minimum absolute atomic E-state index is 0.0125. The minimum Gasteiger partial charge on any atom is -0.294 e. The van der Waals surface area contributed by atoms with Gasteiger partial charge in [0.2, 0.25) is 0 Å². The molecule has 0 amide bonds. The Balaban J connectivity index is 2.04. The third-order valence-electron chi connectivity index (χ3n) is 2.85. The van der Waals surface area contributed by atoms with Crippen molar-refractivity contribution >= 4 is 5.78 Å². The Labute approximate surface area is 106 Å². The Morgan fingerprint density at radius 3 is 2.50 bits per heavy atom. The molecule has 0 N–H and O–H groups in total. The maximum Gasteiger partial charge on any atom is 0.163 e. The van der Waals surface area contributed by atoms with Crippen LogP contribution in [-0.4, -0.2) is 5.78 Å².